The summed E-state index contributed by atoms with van der Waals surface area (Å²) in [5.41, 5.74) is 1.40. The zero-order valence-corrected chi connectivity index (χ0v) is 13.1. The van der Waals surface area contributed by atoms with Gasteiger partial charge < -0.3 is 0 Å². The number of pyridine rings is 1. The van der Waals surface area contributed by atoms with Gasteiger partial charge in [-0.3, -0.25) is 25.2 Å². The first-order valence-electron chi connectivity index (χ1n) is 7.73. The number of nitrogens with zero attached hydrogens (tertiary/aromatic N) is 4. The summed E-state index contributed by atoms with van der Waals surface area (Å²) < 4.78 is 1.62. The summed E-state index contributed by atoms with van der Waals surface area (Å²) in [5.74, 6) is -0.0243. The van der Waals surface area contributed by atoms with Gasteiger partial charge in [0.25, 0.3) is 11.9 Å². The first-order valence-corrected chi connectivity index (χ1v) is 7.73. The van der Waals surface area contributed by atoms with Gasteiger partial charge in [0.05, 0.1) is 12.5 Å². The topological polar surface area (TPSA) is 102 Å². The lowest BCUT2D eigenvalue weighted by molar-refractivity contribution is -0.117. The van der Waals surface area contributed by atoms with Crippen LogP contribution >= 0.6 is 0 Å². The fraction of sp³-hybridized carbons (Fsp3) is 0.118. The van der Waals surface area contributed by atoms with E-state index in [1.165, 1.54) is 12.4 Å². The lowest BCUT2D eigenvalue weighted by atomic mass is 10.0. The number of aromatic nitrogens is 4. The van der Waals surface area contributed by atoms with Crippen molar-refractivity contribution in [1.29, 1.82) is 0 Å². The summed E-state index contributed by atoms with van der Waals surface area (Å²) in [6.07, 6.45) is 3.33. The number of carbonyl (C=O) groups excluding carboxylic acids is 2. The Morgan fingerprint density at radius 1 is 1.16 bits per heavy atom. The van der Waals surface area contributed by atoms with Crippen molar-refractivity contribution in [3.8, 4) is 0 Å². The van der Waals surface area contributed by atoms with Crippen LogP contribution in [0.1, 0.15) is 28.4 Å². The van der Waals surface area contributed by atoms with Crippen molar-refractivity contribution in [2.24, 2.45) is 0 Å². The van der Waals surface area contributed by atoms with Gasteiger partial charge >= 0.3 is 0 Å². The molecule has 2 amide bonds. The second-order valence-electron chi connectivity index (χ2n) is 5.57. The quantitative estimate of drug-likeness (QED) is 0.761. The first-order chi connectivity index (χ1) is 12.2. The lowest BCUT2D eigenvalue weighted by Crippen LogP contribution is -2.29. The minimum absolute atomic E-state index is 0.138. The molecule has 3 heterocycles. The van der Waals surface area contributed by atoms with Crippen molar-refractivity contribution >= 4 is 23.7 Å². The van der Waals surface area contributed by atoms with Gasteiger partial charge in [0.2, 0.25) is 11.9 Å². The average Bonchev–Trinajstić information content (AvgIpc) is 3.04. The van der Waals surface area contributed by atoms with Crippen LogP contribution in [0.25, 0.3) is 0 Å². The maximum Gasteiger partial charge on any atom is 0.258 e. The van der Waals surface area contributed by atoms with E-state index in [1.54, 1.807) is 16.8 Å². The van der Waals surface area contributed by atoms with Crippen molar-refractivity contribution in [3.05, 3.63) is 66.0 Å². The van der Waals surface area contributed by atoms with Crippen LogP contribution < -0.4 is 10.6 Å². The van der Waals surface area contributed by atoms with Crippen LogP contribution in [0.5, 0.6) is 0 Å². The highest BCUT2D eigenvalue weighted by Crippen LogP contribution is 2.29. The predicted octanol–water partition coefficient (Wildman–Crippen LogP) is 1.86. The largest absolute Gasteiger partial charge is 0.295 e. The molecule has 2 N–H and O–H groups in total. The normalized spacial score (nSPS) is 16.0. The molecule has 124 valence electrons. The monoisotopic (exact) mass is 334 g/mol. The van der Waals surface area contributed by atoms with Crippen LogP contribution in [0.2, 0.25) is 0 Å². The van der Waals surface area contributed by atoms with Gasteiger partial charge in [-0.05, 0) is 17.7 Å². The van der Waals surface area contributed by atoms with Crippen molar-refractivity contribution < 1.29 is 9.59 Å². The Hall–Kier alpha value is -3.55. The minimum atomic E-state index is -0.340. The van der Waals surface area contributed by atoms with Gasteiger partial charge in [0.1, 0.15) is 0 Å². The molecule has 0 spiro atoms. The SMILES string of the molecule is O=C1C[C@H](c2ccccc2)n2nc(NC(=O)c3ccncc3)nc2N1. The van der Waals surface area contributed by atoms with Crippen LogP contribution in [0, 0.1) is 0 Å². The third kappa shape index (κ3) is 2.97. The fourth-order valence-corrected chi connectivity index (χ4v) is 2.73. The Morgan fingerprint density at radius 2 is 1.92 bits per heavy atom. The summed E-state index contributed by atoms with van der Waals surface area (Å²) in [5, 5.41) is 9.68. The van der Waals surface area contributed by atoms with Crippen LogP contribution in [-0.4, -0.2) is 31.6 Å². The minimum Gasteiger partial charge on any atom is -0.295 e. The zero-order chi connectivity index (χ0) is 17.2. The molecule has 4 rings (SSSR count). The molecule has 0 saturated carbocycles. The average molecular weight is 334 g/mol. The molecule has 25 heavy (non-hydrogen) atoms. The van der Waals surface area contributed by atoms with Gasteiger partial charge in [-0.2, -0.15) is 4.98 Å². The zero-order valence-electron chi connectivity index (χ0n) is 13.1. The molecule has 3 aromatic rings. The summed E-state index contributed by atoms with van der Waals surface area (Å²) >= 11 is 0. The molecular formula is C17H14N6O2. The molecular weight excluding hydrogens is 320 g/mol. The van der Waals surface area contributed by atoms with Crippen molar-refractivity contribution in [3.63, 3.8) is 0 Å². The molecule has 8 nitrogen and oxygen atoms in total. The van der Waals surface area contributed by atoms with Gasteiger partial charge in [0, 0.05) is 18.0 Å². The van der Waals surface area contributed by atoms with Crippen LogP contribution in [-0.2, 0) is 4.79 Å². The Labute approximate surface area is 142 Å². The van der Waals surface area contributed by atoms with Gasteiger partial charge in [-0.25, -0.2) is 4.68 Å². The number of hydrogen-bond donors (Lipinski definition) is 2. The van der Waals surface area contributed by atoms with Crippen LogP contribution in [0.15, 0.2) is 54.9 Å². The van der Waals surface area contributed by atoms with E-state index < -0.39 is 0 Å². The molecule has 1 aliphatic heterocycles. The summed E-state index contributed by atoms with van der Waals surface area (Å²) in [7, 11) is 0. The molecule has 0 aliphatic carbocycles. The standard InChI is InChI=1S/C17H14N6O2/c24-14-10-13(11-4-2-1-3-5-11)23-17(19-14)21-16(22-23)20-15(25)12-6-8-18-9-7-12/h1-9,13H,10H2,(H2,19,20,21,22,24,25)/t13-/m1/s1. The third-order valence-corrected chi connectivity index (χ3v) is 3.91. The third-order valence-electron chi connectivity index (χ3n) is 3.91. The number of rotatable bonds is 3. The second-order valence-corrected chi connectivity index (χ2v) is 5.57. The highest BCUT2D eigenvalue weighted by atomic mass is 16.2. The summed E-state index contributed by atoms with van der Waals surface area (Å²) in [4.78, 5) is 32.3. The Morgan fingerprint density at radius 3 is 2.68 bits per heavy atom. The number of benzene rings is 1. The summed E-state index contributed by atoms with van der Waals surface area (Å²) in [6.45, 7) is 0. The van der Waals surface area contributed by atoms with Crippen molar-refractivity contribution in [2.75, 3.05) is 10.6 Å². The highest BCUT2D eigenvalue weighted by molar-refractivity contribution is 6.03. The molecule has 0 saturated heterocycles. The maximum atomic E-state index is 12.2. The first kappa shape index (κ1) is 15.0. The lowest BCUT2D eigenvalue weighted by Gasteiger charge is -2.23. The van der Waals surface area contributed by atoms with Gasteiger partial charge in [0.15, 0.2) is 0 Å². The smallest absolute Gasteiger partial charge is 0.258 e. The molecule has 0 fully saturated rings. The Bertz CT molecular complexity index is 923. The van der Waals surface area contributed by atoms with Crippen LogP contribution in [0.4, 0.5) is 11.9 Å². The molecule has 0 radical (unpaired) electrons. The number of nitrogens with one attached hydrogen (secondary N) is 2. The van der Waals surface area contributed by atoms with Crippen LogP contribution in [0.3, 0.4) is 0 Å². The van der Waals surface area contributed by atoms with E-state index in [0.717, 1.165) is 5.56 Å². The summed E-state index contributed by atoms with van der Waals surface area (Å²) in [6, 6.07) is 12.5. The number of fused-ring (bicyclic) bond motifs is 1. The molecule has 2 aromatic heterocycles. The molecule has 1 atom stereocenters. The Balaban J connectivity index is 1.63. The fourth-order valence-electron chi connectivity index (χ4n) is 2.73. The van der Waals surface area contributed by atoms with E-state index in [-0.39, 0.29) is 30.2 Å². The second kappa shape index (κ2) is 6.16. The number of hydrogen-bond acceptors (Lipinski definition) is 5. The van der Waals surface area contributed by atoms with Gasteiger partial charge in [-0.1, -0.05) is 30.3 Å². The van der Waals surface area contributed by atoms with E-state index in [2.05, 4.69) is 25.7 Å². The van der Waals surface area contributed by atoms with E-state index in [4.69, 9.17) is 0 Å². The highest BCUT2D eigenvalue weighted by Gasteiger charge is 2.29. The number of amides is 2. The molecule has 8 heteroatoms. The molecule has 0 unspecified atom stereocenters. The Kier molecular flexibility index (Phi) is 3.70. The van der Waals surface area contributed by atoms with E-state index >= 15 is 0 Å². The van der Waals surface area contributed by atoms with Crippen molar-refractivity contribution in [2.45, 2.75) is 12.5 Å². The maximum absolute atomic E-state index is 12.2. The molecule has 1 aromatic carbocycles. The van der Waals surface area contributed by atoms with E-state index in [9.17, 15) is 9.59 Å². The van der Waals surface area contributed by atoms with Gasteiger partial charge in [-0.15, -0.1) is 5.10 Å². The van der Waals surface area contributed by atoms with Crippen molar-refractivity contribution in [1.82, 2.24) is 19.7 Å². The predicted molar refractivity (Wildman–Crippen MR) is 90.0 cm³/mol. The van der Waals surface area contributed by atoms with E-state index in [0.29, 0.717) is 11.5 Å². The van der Waals surface area contributed by atoms with E-state index in [1.807, 2.05) is 30.3 Å². The number of carbonyl (C=O) groups is 2. The number of anilines is 2. The molecule has 0 bridgehead atoms. The molecule has 1 aliphatic rings.